The Kier molecular flexibility index (Phi) is 11.2. The number of methoxy groups -OCH3 is 1. The van der Waals surface area contributed by atoms with Gasteiger partial charge in [0.15, 0.2) is 0 Å². The van der Waals surface area contributed by atoms with E-state index in [-0.39, 0.29) is 18.0 Å². The van der Waals surface area contributed by atoms with Crippen LogP contribution in [0, 0.1) is 11.8 Å². The summed E-state index contributed by atoms with van der Waals surface area (Å²) in [7, 11) is -2.64. The molecule has 2 rings (SSSR count). The average molecular weight is 555 g/mol. The minimum Gasteiger partial charge on any atom is -0.481 e. The zero-order valence-corrected chi connectivity index (χ0v) is 24.1. The number of esters is 1. The van der Waals surface area contributed by atoms with Gasteiger partial charge >= 0.3 is 12.1 Å². The van der Waals surface area contributed by atoms with Crippen LogP contribution in [0.25, 0.3) is 0 Å². The molecule has 1 N–H and O–H groups in total. The van der Waals surface area contributed by atoms with Crippen LogP contribution in [0.3, 0.4) is 0 Å². The van der Waals surface area contributed by atoms with Gasteiger partial charge in [0, 0.05) is 30.0 Å². The smallest absolute Gasteiger partial charge is 0.407 e. The lowest BCUT2D eigenvalue weighted by atomic mass is 10.0. The number of nitrogens with zero attached hydrogens (tertiary/aromatic N) is 1. The van der Waals surface area contributed by atoms with Crippen molar-refractivity contribution >= 4 is 33.8 Å². The van der Waals surface area contributed by atoms with Crippen molar-refractivity contribution in [3.8, 4) is 17.6 Å². The van der Waals surface area contributed by atoms with Crippen LogP contribution in [-0.2, 0) is 24.3 Å². The van der Waals surface area contributed by atoms with Crippen LogP contribution in [0.15, 0.2) is 29.2 Å². The topological polar surface area (TPSA) is 111 Å². The first-order chi connectivity index (χ1) is 17.3. The summed E-state index contributed by atoms with van der Waals surface area (Å²) in [5.41, 5.74) is -0.512. The Balaban J connectivity index is 1.83. The molecule has 1 aliphatic heterocycles. The lowest BCUT2D eigenvalue weighted by molar-refractivity contribution is -0.146. The molecular formula is C26H38N2O7S2. The van der Waals surface area contributed by atoms with E-state index < -0.39 is 38.5 Å². The van der Waals surface area contributed by atoms with Crippen molar-refractivity contribution in [3.63, 3.8) is 0 Å². The number of thioether (sulfide) groups is 1. The molecule has 0 aromatic heterocycles. The fourth-order valence-corrected chi connectivity index (χ4v) is 6.76. The highest BCUT2D eigenvalue weighted by molar-refractivity contribution is 8.00. The second kappa shape index (κ2) is 13.4. The third kappa shape index (κ3) is 9.43. The maximum absolute atomic E-state index is 13.3. The van der Waals surface area contributed by atoms with E-state index in [0.717, 1.165) is 12.8 Å². The minimum absolute atomic E-state index is 0.0857. The van der Waals surface area contributed by atoms with E-state index in [9.17, 15) is 18.0 Å². The van der Waals surface area contributed by atoms with Crippen LogP contribution in [0.5, 0.6) is 5.75 Å². The van der Waals surface area contributed by atoms with Gasteiger partial charge in [-0.1, -0.05) is 11.8 Å². The molecule has 1 aromatic rings. The van der Waals surface area contributed by atoms with Crippen molar-refractivity contribution in [2.75, 3.05) is 32.6 Å². The van der Waals surface area contributed by atoms with Gasteiger partial charge in [-0.15, -0.1) is 0 Å². The van der Waals surface area contributed by atoms with E-state index in [0.29, 0.717) is 24.5 Å². The van der Waals surface area contributed by atoms with Crippen molar-refractivity contribution in [1.82, 2.24) is 9.62 Å². The van der Waals surface area contributed by atoms with Crippen LogP contribution < -0.4 is 10.1 Å². The minimum atomic E-state index is -3.91. The third-order valence-electron chi connectivity index (χ3n) is 5.42. The van der Waals surface area contributed by atoms with Gasteiger partial charge in [-0.2, -0.15) is 16.1 Å². The number of hydrogen-bond acceptors (Lipinski definition) is 8. The summed E-state index contributed by atoms with van der Waals surface area (Å²) in [6.45, 7) is 10.1. The highest BCUT2D eigenvalue weighted by atomic mass is 32.2. The predicted molar refractivity (Wildman–Crippen MR) is 144 cm³/mol. The Morgan fingerprint density at radius 3 is 2.46 bits per heavy atom. The number of nitrogens with one attached hydrogen (secondary N) is 1. The van der Waals surface area contributed by atoms with Crippen LogP contribution in [0.1, 0.15) is 53.9 Å². The first kappa shape index (κ1) is 30.8. The molecule has 0 aliphatic carbocycles. The molecule has 37 heavy (non-hydrogen) atoms. The number of alkyl carbamates (subject to hydrolysis) is 1. The zero-order valence-electron chi connectivity index (χ0n) is 22.5. The van der Waals surface area contributed by atoms with Crippen molar-refractivity contribution in [3.05, 3.63) is 24.3 Å². The Morgan fingerprint density at radius 2 is 1.84 bits per heavy atom. The summed E-state index contributed by atoms with van der Waals surface area (Å²) >= 11 is 1.55. The van der Waals surface area contributed by atoms with Gasteiger partial charge < -0.3 is 19.5 Å². The highest BCUT2D eigenvalue weighted by Crippen LogP contribution is 2.38. The molecule has 1 aliphatic rings. The second-order valence-electron chi connectivity index (χ2n) is 9.99. The predicted octanol–water partition coefficient (Wildman–Crippen LogP) is 3.82. The normalized spacial score (nSPS) is 17.7. The van der Waals surface area contributed by atoms with Crippen molar-refractivity contribution in [2.24, 2.45) is 0 Å². The van der Waals surface area contributed by atoms with Gasteiger partial charge in [-0.3, -0.25) is 4.79 Å². The van der Waals surface area contributed by atoms with E-state index in [1.165, 1.54) is 23.5 Å². The van der Waals surface area contributed by atoms with Gasteiger partial charge in [0.05, 0.1) is 12.0 Å². The lowest BCUT2D eigenvalue weighted by Crippen LogP contribution is -2.58. The largest absolute Gasteiger partial charge is 0.481 e. The molecule has 0 spiro atoms. The van der Waals surface area contributed by atoms with E-state index in [1.807, 2.05) is 34.6 Å². The number of sulfonamides is 1. The summed E-state index contributed by atoms with van der Waals surface area (Å²) < 4.78 is 43.0. The van der Waals surface area contributed by atoms with Crippen molar-refractivity contribution < 1.29 is 32.2 Å². The quantitative estimate of drug-likeness (QED) is 0.279. The first-order valence-electron chi connectivity index (χ1n) is 12.2. The molecular weight excluding hydrogens is 516 g/mol. The number of ether oxygens (including phenoxy) is 3. The number of amides is 1. The van der Waals surface area contributed by atoms with Crippen molar-refractivity contribution in [1.29, 1.82) is 0 Å². The number of benzene rings is 1. The van der Waals surface area contributed by atoms with E-state index in [2.05, 4.69) is 17.2 Å². The Bertz CT molecular complexity index is 1080. The summed E-state index contributed by atoms with van der Waals surface area (Å²) in [6.07, 6.45) is 1.86. The fraction of sp³-hybridized carbons (Fsp3) is 0.615. The van der Waals surface area contributed by atoms with Gasteiger partial charge in [-0.25, -0.2) is 13.2 Å². The molecule has 0 saturated carbocycles. The zero-order chi connectivity index (χ0) is 27.7. The Labute approximate surface area is 225 Å². The Hall–Kier alpha value is -2.42. The van der Waals surface area contributed by atoms with Gasteiger partial charge in [0.25, 0.3) is 0 Å². The molecule has 1 atom stereocenters. The fourth-order valence-electron chi connectivity index (χ4n) is 3.67. The molecule has 0 radical (unpaired) electrons. The molecule has 0 unspecified atom stereocenters. The maximum atomic E-state index is 13.3. The molecule has 206 valence electrons. The number of unbranched alkanes of at least 4 members (excludes halogenated alkanes) is 2. The number of carbonyl (C=O) groups is 2. The van der Waals surface area contributed by atoms with Crippen LogP contribution >= 0.6 is 11.8 Å². The molecule has 1 amide bonds. The summed E-state index contributed by atoms with van der Waals surface area (Å²) in [4.78, 5) is 24.1. The second-order valence-corrected chi connectivity index (χ2v) is 13.6. The molecule has 11 heteroatoms. The van der Waals surface area contributed by atoms with Crippen molar-refractivity contribution in [2.45, 2.75) is 75.2 Å². The van der Waals surface area contributed by atoms with E-state index in [4.69, 9.17) is 14.2 Å². The molecule has 0 bridgehead atoms. The van der Waals surface area contributed by atoms with Gasteiger partial charge in [-0.05, 0) is 71.7 Å². The maximum Gasteiger partial charge on any atom is 0.407 e. The summed E-state index contributed by atoms with van der Waals surface area (Å²) in [5, 5.41) is 2.71. The van der Waals surface area contributed by atoms with Crippen LogP contribution in [-0.4, -0.2) is 73.7 Å². The number of rotatable bonds is 9. The third-order valence-corrected chi connectivity index (χ3v) is 8.65. The molecule has 9 nitrogen and oxygen atoms in total. The number of carbonyl (C=O) groups excluding carboxylic acids is 2. The lowest BCUT2D eigenvalue weighted by Gasteiger charge is -2.43. The van der Waals surface area contributed by atoms with Gasteiger partial charge in [0.1, 0.15) is 24.0 Å². The first-order valence-corrected chi connectivity index (χ1v) is 14.6. The molecule has 1 aromatic carbocycles. The molecule has 1 heterocycles. The number of hydrogen-bond donors (Lipinski definition) is 1. The van der Waals surface area contributed by atoms with E-state index >= 15 is 0 Å². The summed E-state index contributed by atoms with van der Waals surface area (Å²) in [5.74, 6) is 6.46. The molecule has 1 fully saturated rings. The van der Waals surface area contributed by atoms with Crippen LogP contribution in [0.4, 0.5) is 4.79 Å². The average Bonchev–Trinajstić information content (AvgIpc) is 2.81. The standard InChI is InChI=1S/C26H38N2O7S2/c1-25(2,3)35-24(30)27-16-10-8-7-9-11-18-34-20-12-14-21(15-13-20)37(31,32)28-17-19-36-26(4,5)22(28)23(29)33-6/h12-15,22H,7-8,10,16-19H2,1-6H3,(H,27,30)/t22-/m0/s1. The van der Waals surface area contributed by atoms with Gasteiger partial charge in [0.2, 0.25) is 10.0 Å². The highest BCUT2D eigenvalue weighted by Gasteiger charge is 2.48. The SMILES string of the molecule is COC(=O)[C@@H]1N(S(=O)(=O)c2ccc(OCC#CCCCCNC(=O)OC(C)(C)C)cc2)CCSC1(C)C. The Morgan fingerprint density at radius 1 is 1.16 bits per heavy atom. The van der Waals surface area contributed by atoms with Crippen LogP contribution in [0.2, 0.25) is 0 Å². The monoisotopic (exact) mass is 554 g/mol. The van der Waals surface area contributed by atoms with E-state index in [1.54, 1.807) is 23.9 Å². The summed E-state index contributed by atoms with van der Waals surface area (Å²) in [6, 6.07) is 5.18. The molecule has 1 saturated heterocycles.